The highest BCUT2D eigenvalue weighted by Gasteiger charge is 2.65. The number of rotatable bonds is 4. The molecule has 4 fully saturated rings. The summed E-state index contributed by atoms with van der Waals surface area (Å²) in [5.74, 6) is 1.37. The van der Waals surface area contributed by atoms with Crippen LogP contribution >= 0.6 is 0 Å². The van der Waals surface area contributed by atoms with Crippen molar-refractivity contribution >= 4 is 0 Å². The maximum absolute atomic E-state index is 11.3. The van der Waals surface area contributed by atoms with Crippen molar-refractivity contribution in [2.45, 2.75) is 90.6 Å². The summed E-state index contributed by atoms with van der Waals surface area (Å²) in [5, 5.41) is 52.8. The van der Waals surface area contributed by atoms with Crippen molar-refractivity contribution in [2.75, 3.05) is 6.61 Å². The average molecular weight is 437 g/mol. The van der Waals surface area contributed by atoms with Gasteiger partial charge in [-0.05, 0) is 84.9 Å². The molecule has 5 nitrogen and oxygen atoms in total. The Bertz CT molecular complexity index is 681. The minimum atomic E-state index is -0.858. The molecule has 4 aliphatic rings. The first kappa shape index (κ1) is 23.7. The van der Waals surface area contributed by atoms with Crippen molar-refractivity contribution in [3.8, 4) is 0 Å². The van der Waals surface area contributed by atoms with Crippen LogP contribution in [-0.4, -0.2) is 56.6 Å². The van der Waals surface area contributed by atoms with Crippen molar-refractivity contribution in [1.82, 2.24) is 0 Å². The van der Waals surface area contributed by atoms with Gasteiger partial charge in [0.05, 0.1) is 24.4 Å². The molecule has 4 rings (SSSR count). The van der Waals surface area contributed by atoms with E-state index in [1.165, 1.54) is 0 Å². The van der Waals surface area contributed by atoms with Crippen LogP contribution in [0.1, 0.15) is 66.2 Å². The van der Waals surface area contributed by atoms with Gasteiger partial charge >= 0.3 is 0 Å². The largest absolute Gasteiger partial charge is 0.396 e. The molecular weight excluding hydrogens is 392 g/mol. The second-order valence-electron chi connectivity index (χ2n) is 12.1. The molecule has 0 aromatic rings. The van der Waals surface area contributed by atoms with Gasteiger partial charge in [-0.1, -0.05) is 39.8 Å². The van der Waals surface area contributed by atoms with Crippen molar-refractivity contribution < 1.29 is 25.5 Å². The van der Waals surface area contributed by atoms with Crippen LogP contribution in [0.5, 0.6) is 0 Å². The fraction of sp³-hybridized carbons (Fsp3) is 0.923. The monoisotopic (exact) mass is 436 g/mol. The lowest BCUT2D eigenvalue weighted by atomic mass is 9.43. The molecule has 4 aliphatic carbocycles. The quantitative estimate of drug-likeness (QED) is 0.436. The van der Waals surface area contributed by atoms with E-state index in [4.69, 9.17) is 0 Å². The minimum absolute atomic E-state index is 0.0303. The zero-order valence-corrected chi connectivity index (χ0v) is 19.7. The van der Waals surface area contributed by atoms with Crippen LogP contribution in [-0.2, 0) is 0 Å². The Balaban J connectivity index is 1.61. The summed E-state index contributed by atoms with van der Waals surface area (Å²) in [4.78, 5) is 0. The SMILES string of the molecule is CC(/C=C/[C@@H](C)[C@H]1CC(O)C2[C@@H]3CC(O)C4[C@@H](O)[C@@H](O)CC[C@]4(C)[C@H]3CC[C@@]21C)CO. The molecule has 0 amide bonds. The highest BCUT2D eigenvalue weighted by atomic mass is 16.3. The fourth-order valence-corrected chi connectivity index (χ4v) is 8.88. The fourth-order valence-electron chi connectivity index (χ4n) is 8.88. The van der Waals surface area contributed by atoms with E-state index < -0.39 is 18.3 Å². The number of fused-ring (bicyclic) bond motifs is 5. The lowest BCUT2D eigenvalue weighted by Crippen LogP contribution is -2.63. The van der Waals surface area contributed by atoms with E-state index in [2.05, 4.69) is 32.9 Å². The summed E-state index contributed by atoms with van der Waals surface area (Å²) in [5.41, 5.74) is -0.162. The lowest BCUT2D eigenvalue weighted by Gasteiger charge is -2.63. The van der Waals surface area contributed by atoms with Crippen LogP contribution in [0.15, 0.2) is 12.2 Å². The van der Waals surface area contributed by atoms with Gasteiger partial charge in [0, 0.05) is 12.5 Å². The Labute approximate surface area is 187 Å². The lowest BCUT2D eigenvalue weighted by molar-refractivity contribution is -0.217. The summed E-state index contributed by atoms with van der Waals surface area (Å²) < 4.78 is 0. The van der Waals surface area contributed by atoms with E-state index in [0.29, 0.717) is 30.6 Å². The molecule has 0 heterocycles. The van der Waals surface area contributed by atoms with Crippen molar-refractivity contribution in [3.05, 3.63) is 12.2 Å². The maximum atomic E-state index is 11.3. The number of hydrogen-bond donors (Lipinski definition) is 5. The molecule has 0 bridgehead atoms. The number of allylic oxidation sites excluding steroid dienone is 1. The van der Waals surface area contributed by atoms with Crippen LogP contribution in [0.2, 0.25) is 0 Å². The Morgan fingerprint density at radius 1 is 0.839 bits per heavy atom. The summed E-state index contributed by atoms with van der Waals surface area (Å²) in [7, 11) is 0. The Morgan fingerprint density at radius 3 is 2.16 bits per heavy atom. The van der Waals surface area contributed by atoms with Crippen molar-refractivity contribution in [1.29, 1.82) is 0 Å². The van der Waals surface area contributed by atoms with Crippen LogP contribution in [0.3, 0.4) is 0 Å². The van der Waals surface area contributed by atoms with Gasteiger partial charge in [-0.25, -0.2) is 0 Å². The van der Waals surface area contributed by atoms with Gasteiger partial charge < -0.3 is 25.5 Å². The molecule has 31 heavy (non-hydrogen) atoms. The zero-order chi connectivity index (χ0) is 22.7. The Hall–Kier alpha value is -0.460. The van der Waals surface area contributed by atoms with E-state index in [1.807, 2.05) is 6.92 Å². The second kappa shape index (κ2) is 8.39. The smallest absolute Gasteiger partial charge is 0.0857 e. The molecule has 5 heteroatoms. The molecular formula is C26H44O5. The standard InChI is InChI=1S/C26H44O5/c1-14(13-27)5-6-15(2)18-12-21(30)22-16-11-20(29)23-24(31)19(28)8-10-25(23,3)17(16)7-9-26(18,22)4/h5-6,14-24,27-31H,7-13H2,1-4H3/b6-5+/t14?,15-,16-,17+,18-,19+,20?,21?,22?,23?,24+,25-,26-/m1/s1. The highest BCUT2D eigenvalue weighted by Crippen LogP contribution is 2.68. The first-order valence-corrected chi connectivity index (χ1v) is 12.6. The van der Waals surface area contributed by atoms with Gasteiger partial charge in [-0.15, -0.1) is 0 Å². The van der Waals surface area contributed by atoms with Gasteiger partial charge in [0.2, 0.25) is 0 Å². The third-order valence-corrected chi connectivity index (χ3v) is 10.4. The summed E-state index contributed by atoms with van der Waals surface area (Å²) in [6.45, 7) is 8.98. The predicted octanol–water partition coefficient (Wildman–Crippen LogP) is 2.74. The summed E-state index contributed by atoms with van der Waals surface area (Å²) in [6.07, 6.45) is 6.68. The number of aliphatic hydroxyl groups is 5. The van der Waals surface area contributed by atoms with Crippen molar-refractivity contribution in [2.24, 2.45) is 52.3 Å². The van der Waals surface area contributed by atoms with Crippen LogP contribution in [0.4, 0.5) is 0 Å². The molecule has 0 radical (unpaired) electrons. The van der Waals surface area contributed by atoms with E-state index in [-0.39, 0.29) is 47.2 Å². The zero-order valence-electron chi connectivity index (χ0n) is 19.7. The van der Waals surface area contributed by atoms with Crippen LogP contribution in [0, 0.1) is 52.3 Å². The predicted molar refractivity (Wildman–Crippen MR) is 120 cm³/mol. The molecule has 0 aromatic carbocycles. The van der Waals surface area contributed by atoms with Crippen molar-refractivity contribution in [3.63, 3.8) is 0 Å². The first-order valence-electron chi connectivity index (χ1n) is 12.6. The van der Waals surface area contributed by atoms with Crippen LogP contribution in [0.25, 0.3) is 0 Å². The highest BCUT2D eigenvalue weighted by molar-refractivity contribution is 5.15. The molecule has 4 saturated carbocycles. The molecule has 0 aromatic heterocycles. The first-order chi connectivity index (χ1) is 14.5. The molecule has 0 saturated heterocycles. The minimum Gasteiger partial charge on any atom is -0.396 e. The summed E-state index contributed by atoms with van der Waals surface area (Å²) in [6, 6.07) is 0. The van der Waals surface area contributed by atoms with E-state index in [9.17, 15) is 25.5 Å². The van der Waals surface area contributed by atoms with E-state index in [1.54, 1.807) is 0 Å². The van der Waals surface area contributed by atoms with Gasteiger partial charge in [0.25, 0.3) is 0 Å². The normalized spacial score (nSPS) is 54.2. The second-order valence-corrected chi connectivity index (χ2v) is 12.1. The third-order valence-electron chi connectivity index (χ3n) is 10.4. The summed E-state index contributed by atoms with van der Waals surface area (Å²) >= 11 is 0. The van der Waals surface area contributed by atoms with E-state index in [0.717, 1.165) is 25.7 Å². The van der Waals surface area contributed by atoms with Gasteiger partial charge in [-0.3, -0.25) is 0 Å². The molecule has 5 unspecified atom stereocenters. The Morgan fingerprint density at radius 2 is 1.48 bits per heavy atom. The Kier molecular flexibility index (Phi) is 6.41. The van der Waals surface area contributed by atoms with Crippen LogP contribution < -0.4 is 0 Å². The van der Waals surface area contributed by atoms with Gasteiger partial charge in [-0.2, -0.15) is 0 Å². The third kappa shape index (κ3) is 3.63. The van der Waals surface area contributed by atoms with Gasteiger partial charge in [0.15, 0.2) is 0 Å². The number of hydrogen-bond acceptors (Lipinski definition) is 5. The molecule has 0 aliphatic heterocycles. The molecule has 178 valence electrons. The number of aliphatic hydroxyl groups excluding tert-OH is 5. The van der Waals surface area contributed by atoms with Gasteiger partial charge in [0.1, 0.15) is 0 Å². The molecule has 0 spiro atoms. The molecule has 13 atom stereocenters. The topological polar surface area (TPSA) is 101 Å². The maximum Gasteiger partial charge on any atom is 0.0857 e. The molecule has 5 N–H and O–H groups in total. The average Bonchev–Trinajstić information content (AvgIpc) is 3.00. The van der Waals surface area contributed by atoms with E-state index >= 15 is 0 Å².